The zero-order valence-corrected chi connectivity index (χ0v) is 13.2. The summed E-state index contributed by atoms with van der Waals surface area (Å²) in [7, 11) is 1.89. The van der Waals surface area contributed by atoms with Gasteiger partial charge in [0.05, 0.1) is 24.1 Å². The van der Waals surface area contributed by atoms with Gasteiger partial charge in [0.25, 0.3) is 5.91 Å². The second-order valence-electron chi connectivity index (χ2n) is 5.36. The third kappa shape index (κ3) is 3.29. The van der Waals surface area contributed by atoms with Crippen LogP contribution in [0.2, 0.25) is 0 Å². The molecule has 0 spiro atoms. The molecule has 0 atom stereocenters. The summed E-state index contributed by atoms with van der Waals surface area (Å²) in [6.07, 6.45) is 3.37. The Hall–Kier alpha value is -2.95. The molecule has 0 bridgehead atoms. The minimum atomic E-state index is -0.128. The van der Waals surface area contributed by atoms with Crippen molar-refractivity contribution >= 4 is 5.91 Å². The van der Waals surface area contributed by atoms with Gasteiger partial charge in [-0.3, -0.25) is 14.8 Å². The Morgan fingerprint density at radius 1 is 1.09 bits per heavy atom. The summed E-state index contributed by atoms with van der Waals surface area (Å²) in [4.78, 5) is 20.8. The highest BCUT2D eigenvalue weighted by atomic mass is 16.1. The van der Waals surface area contributed by atoms with Crippen LogP contribution in [0.5, 0.6) is 0 Å². The number of benzene rings is 1. The minimum Gasteiger partial charge on any atom is -0.345 e. The molecule has 2 aromatic heterocycles. The van der Waals surface area contributed by atoms with Crippen molar-refractivity contribution < 1.29 is 4.79 Å². The first-order valence-corrected chi connectivity index (χ1v) is 7.42. The number of hydrogen-bond donors (Lipinski definition) is 1. The van der Waals surface area contributed by atoms with Gasteiger partial charge in [-0.15, -0.1) is 0 Å². The molecule has 1 aromatic carbocycles. The van der Waals surface area contributed by atoms with Crippen molar-refractivity contribution in [3.63, 3.8) is 0 Å². The molecule has 5 nitrogen and oxygen atoms in total. The van der Waals surface area contributed by atoms with Crippen LogP contribution in [0.4, 0.5) is 0 Å². The van der Waals surface area contributed by atoms with Crippen LogP contribution in [0.15, 0.2) is 54.9 Å². The van der Waals surface area contributed by atoms with E-state index in [-0.39, 0.29) is 5.91 Å². The molecule has 1 N–H and O–H groups in total. The monoisotopic (exact) mass is 306 g/mol. The first-order chi connectivity index (χ1) is 11.1. The quantitative estimate of drug-likeness (QED) is 0.806. The average molecular weight is 306 g/mol. The molecule has 0 unspecified atom stereocenters. The van der Waals surface area contributed by atoms with E-state index in [1.165, 1.54) is 0 Å². The lowest BCUT2D eigenvalue weighted by atomic mass is 10.2. The molecule has 0 aliphatic rings. The van der Waals surface area contributed by atoms with Crippen LogP contribution in [-0.4, -0.2) is 20.4 Å². The maximum atomic E-state index is 12.4. The Labute approximate surface area is 135 Å². The van der Waals surface area contributed by atoms with Crippen molar-refractivity contribution in [2.45, 2.75) is 13.5 Å². The molecule has 3 rings (SSSR count). The number of aromatic nitrogens is 3. The van der Waals surface area contributed by atoms with Crippen molar-refractivity contribution in [2.75, 3.05) is 0 Å². The fourth-order valence-corrected chi connectivity index (χ4v) is 2.41. The van der Waals surface area contributed by atoms with Gasteiger partial charge in [-0.1, -0.05) is 30.3 Å². The highest BCUT2D eigenvalue weighted by molar-refractivity contribution is 5.93. The molecule has 1 amide bonds. The minimum absolute atomic E-state index is 0.128. The summed E-state index contributed by atoms with van der Waals surface area (Å²) in [5.41, 5.74) is 4.30. The van der Waals surface area contributed by atoms with E-state index in [2.05, 4.69) is 15.3 Å². The highest BCUT2D eigenvalue weighted by Gasteiger charge is 2.13. The van der Waals surface area contributed by atoms with Gasteiger partial charge in [0.1, 0.15) is 5.69 Å². The number of carbonyl (C=O) groups is 1. The van der Waals surface area contributed by atoms with Gasteiger partial charge in [0.2, 0.25) is 0 Å². The lowest BCUT2D eigenvalue weighted by Crippen LogP contribution is -2.25. The first kappa shape index (κ1) is 15.0. The van der Waals surface area contributed by atoms with Crippen LogP contribution >= 0.6 is 0 Å². The second kappa shape index (κ2) is 6.44. The Morgan fingerprint density at radius 2 is 1.87 bits per heavy atom. The SMILES string of the molecule is Cc1cnc(CNC(=O)c2ccc(-c3ccccc3)n2C)cn1. The average Bonchev–Trinajstić information content (AvgIpc) is 2.96. The van der Waals surface area contributed by atoms with E-state index in [4.69, 9.17) is 0 Å². The van der Waals surface area contributed by atoms with Crippen molar-refractivity contribution in [1.82, 2.24) is 19.9 Å². The van der Waals surface area contributed by atoms with E-state index in [1.807, 2.05) is 61.0 Å². The van der Waals surface area contributed by atoms with Crippen LogP contribution in [0.25, 0.3) is 11.3 Å². The number of amides is 1. The van der Waals surface area contributed by atoms with Crippen molar-refractivity contribution in [3.05, 3.63) is 71.9 Å². The molecule has 0 fully saturated rings. The van der Waals surface area contributed by atoms with Crippen molar-refractivity contribution in [3.8, 4) is 11.3 Å². The molecule has 0 saturated heterocycles. The maximum absolute atomic E-state index is 12.4. The zero-order valence-electron chi connectivity index (χ0n) is 13.2. The third-order valence-electron chi connectivity index (χ3n) is 3.69. The van der Waals surface area contributed by atoms with Gasteiger partial charge in [0, 0.05) is 18.9 Å². The smallest absolute Gasteiger partial charge is 0.268 e. The van der Waals surface area contributed by atoms with Gasteiger partial charge in [0.15, 0.2) is 0 Å². The standard InChI is InChI=1S/C18H18N4O/c1-13-10-20-15(11-19-13)12-21-18(23)17-9-8-16(22(17)2)14-6-4-3-5-7-14/h3-11H,12H2,1-2H3,(H,21,23). The Bertz CT molecular complexity index is 807. The summed E-state index contributed by atoms with van der Waals surface area (Å²) in [5.74, 6) is -0.128. The molecule has 0 radical (unpaired) electrons. The summed E-state index contributed by atoms with van der Waals surface area (Å²) in [6, 6.07) is 13.8. The Balaban J connectivity index is 1.73. The van der Waals surface area contributed by atoms with E-state index in [9.17, 15) is 4.79 Å². The van der Waals surface area contributed by atoms with Gasteiger partial charge in [-0.25, -0.2) is 0 Å². The van der Waals surface area contributed by atoms with Gasteiger partial charge < -0.3 is 9.88 Å². The maximum Gasteiger partial charge on any atom is 0.268 e. The number of nitrogens with one attached hydrogen (secondary N) is 1. The summed E-state index contributed by atoms with van der Waals surface area (Å²) in [5, 5.41) is 2.88. The first-order valence-electron chi connectivity index (χ1n) is 7.42. The topological polar surface area (TPSA) is 59.8 Å². The molecule has 3 aromatic rings. The largest absolute Gasteiger partial charge is 0.345 e. The molecular weight excluding hydrogens is 288 g/mol. The fraction of sp³-hybridized carbons (Fsp3) is 0.167. The van der Waals surface area contributed by atoms with Gasteiger partial charge >= 0.3 is 0 Å². The predicted molar refractivity (Wildman–Crippen MR) is 88.8 cm³/mol. The number of nitrogens with zero attached hydrogens (tertiary/aromatic N) is 3. The molecule has 0 saturated carbocycles. The summed E-state index contributed by atoms with van der Waals surface area (Å²) in [6.45, 7) is 2.24. The van der Waals surface area contributed by atoms with Crippen LogP contribution in [0, 0.1) is 6.92 Å². The number of carbonyl (C=O) groups excluding carboxylic acids is 1. The van der Waals surface area contributed by atoms with E-state index in [0.717, 1.165) is 22.6 Å². The fourth-order valence-electron chi connectivity index (χ4n) is 2.41. The molecule has 2 heterocycles. The third-order valence-corrected chi connectivity index (χ3v) is 3.69. The second-order valence-corrected chi connectivity index (χ2v) is 5.36. The van der Waals surface area contributed by atoms with Crippen LogP contribution in [-0.2, 0) is 13.6 Å². The van der Waals surface area contributed by atoms with E-state index in [1.54, 1.807) is 12.4 Å². The molecule has 23 heavy (non-hydrogen) atoms. The molecule has 116 valence electrons. The van der Waals surface area contributed by atoms with Gasteiger partial charge in [-0.2, -0.15) is 0 Å². The highest BCUT2D eigenvalue weighted by Crippen LogP contribution is 2.21. The number of hydrogen-bond acceptors (Lipinski definition) is 3. The number of aryl methyl sites for hydroxylation is 1. The van der Waals surface area contributed by atoms with Gasteiger partial charge in [-0.05, 0) is 24.6 Å². The normalized spacial score (nSPS) is 10.5. The van der Waals surface area contributed by atoms with E-state index in [0.29, 0.717) is 12.2 Å². The molecule has 0 aliphatic carbocycles. The van der Waals surface area contributed by atoms with Crippen molar-refractivity contribution in [1.29, 1.82) is 0 Å². The lowest BCUT2D eigenvalue weighted by Gasteiger charge is -2.08. The van der Waals surface area contributed by atoms with Crippen LogP contribution in [0.1, 0.15) is 21.9 Å². The molecule has 5 heteroatoms. The van der Waals surface area contributed by atoms with E-state index < -0.39 is 0 Å². The van der Waals surface area contributed by atoms with Crippen molar-refractivity contribution in [2.24, 2.45) is 7.05 Å². The Morgan fingerprint density at radius 3 is 2.57 bits per heavy atom. The lowest BCUT2D eigenvalue weighted by molar-refractivity contribution is 0.0942. The van der Waals surface area contributed by atoms with Crippen LogP contribution in [0.3, 0.4) is 0 Å². The predicted octanol–water partition coefficient (Wildman–Crippen LogP) is 2.72. The molecular formula is C18H18N4O. The van der Waals surface area contributed by atoms with Crippen LogP contribution < -0.4 is 5.32 Å². The zero-order chi connectivity index (χ0) is 16.2. The number of rotatable bonds is 4. The molecule has 0 aliphatic heterocycles. The Kier molecular flexibility index (Phi) is 4.19. The summed E-state index contributed by atoms with van der Waals surface area (Å²) >= 11 is 0. The van der Waals surface area contributed by atoms with E-state index >= 15 is 0 Å². The summed E-state index contributed by atoms with van der Waals surface area (Å²) < 4.78 is 1.89.